The summed E-state index contributed by atoms with van der Waals surface area (Å²) in [5, 5.41) is 3.66. The van der Waals surface area contributed by atoms with Gasteiger partial charge in [-0.1, -0.05) is 58.9 Å². The van der Waals surface area contributed by atoms with Crippen LogP contribution < -0.4 is 5.32 Å². The highest BCUT2D eigenvalue weighted by molar-refractivity contribution is 5.24. The molecule has 1 unspecified atom stereocenters. The Morgan fingerprint density at radius 3 is 2.00 bits per heavy atom. The van der Waals surface area contributed by atoms with Gasteiger partial charge >= 0.3 is 0 Å². The van der Waals surface area contributed by atoms with Crippen molar-refractivity contribution in [1.29, 1.82) is 0 Å². The first-order valence-corrected chi connectivity index (χ1v) is 8.20. The zero-order valence-corrected chi connectivity index (χ0v) is 14.2. The normalized spacial score (nSPS) is 14.8. The summed E-state index contributed by atoms with van der Waals surface area (Å²) in [7, 11) is 0. The Hall–Kier alpha value is -0.820. The van der Waals surface area contributed by atoms with E-state index in [2.05, 4.69) is 71.1 Å². The SMILES string of the molecule is CC(C)C[C@@H](C)NCC(C)Cc1ccc(C(C)C)cc1. The average molecular weight is 275 g/mol. The van der Waals surface area contributed by atoms with E-state index < -0.39 is 0 Å². The lowest BCUT2D eigenvalue weighted by atomic mass is 9.96. The molecule has 0 radical (unpaired) electrons. The van der Waals surface area contributed by atoms with Crippen molar-refractivity contribution < 1.29 is 0 Å². The summed E-state index contributed by atoms with van der Waals surface area (Å²) in [5.41, 5.74) is 2.89. The largest absolute Gasteiger partial charge is 0.314 e. The van der Waals surface area contributed by atoms with Crippen molar-refractivity contribution in [3.63, 3.8) is 0 Å². The number of rotatable bonds is 8. The first-order chi connectivity index (χ1) is 9.38. The maximum atomic E-state index is 3.66. The van der Waals surface area contributed by atoms with Crippen molar-refractivity contribution in [3.05, 3.63) is 35.4 Å². The topological polar surface area (TPSA) is 12.0 Å². The van der Waals surface area contributed by atoms with E-state index in [9.17, 15) is 0 Å². The second-order valence-corrected chi connectivity index (χ2v) is 7.14. The lowest BCUT2D eigenvalue weighted by Gasteiger charge is -2.19. The number of nitrogens with one attached hydrogen (secondary N) is 1. The maximum Gasteiger partial charge on any atom is 0.00412 e. The summed E-state index contributed by atoms with van der Waals surface area (Å²) in [6, 6.07) is 9.77. The highest BCUT2D eigenvalue weighted by atomic mass is 14.9. The third-order valence-electron chi connectivity index (χ3n) is 3.87. The summed E-state index contributed by atoms with van der Waals surface area (Å²) in [6.45, 7) is 14.8. The molecule has 1 aromatic rings. The van der Waals surface area contributed by atoms with Gasteiger partial charge in [-0.3, -0.25) is 0 Å². The molecule has 0 amide bonds. The van der Waals surface area contributed by atoms with Crippen LogP contribution in [0.4, 0.5) is 0 Å². The molecule has 0 aliphatic heterocycles. The number of hydrogen-bond acceptors (Lipinski definition) is 1. The zero-order chi connectivity index (χ0) is 15.1. The van der Waals surface area contributed by atoms with E-state index in [1.807, 2.05) is 0 Å². The van der Waals surface area contributed by atoms with Crippen LogP contribution in [0.2, 0.25) is 0 Å². The molecule has 0 spiro atoms. The fraction of sp³-hybridized carbons (Fsp3) is 0.684. The second-order valence-electron chi connectivity index (χ2n) is 7.14. The molecule has 0 aliphatic carbocycles. The predicted molar refractivity (Wildman–Crippen MR) is 90.3 cm³/mol. The van der Waals surface area contributed by atoms with E-state index in [0.29, 0.717) is 17.9 Å². The summed E-state index contributed by atoms with van der Waals surface area (Å²) < 4.78 is 0. The van der Waals surface area contributed by atoms with E-state index in [-0.39, 0.29) is 0 Å². The van der Waals surface area contributed by atoms with Gasteiger partial charge in [-0.2, -0.15) is 0 Å². The van der Waals surface area contributed by atoms with Crippen molar-refractivity contribution in [1.82, 2.24) is 5.32 Å². The van der Waals surface area contributed by atoms with Gasteiger partial charge in [-0.15, -0.1) is 0 Å². The Bertz CT molecular complexity index is 364. The minimum absolute atomic E-state index is 0.625. The van der Waals surface area contributed by atoms with Gasteiger partial charge in [-0.05, 0) is 55.2 Å². The van der Waals surface area contributed by atoms with Gasteiger partial charge in [0.15, 0.2) is 0 Å². The third-order valence-corrected chi connectivity index (χ3v) is 3.87. The van der Waals surface area contributed by atoms with Crippen molar-refractivity contribution in [2.75, 3.05) is 6.54 Å². The van der Waals surface area contributed by atoms with E-state index in [1.165, 1.54) is 24.0 Å². The van der Waals surface area contributed by atoms with Crippen molar-refractivity contribution in [3.8, 4) is 0 Å². The summed E-state index contributed by atoms with van der Waals surface area (Å²) in [4.78, 5) is 0. The van der Waals surface area contributed by atoms with Crippen LogP contribution in [0.1, 0.15) is 65.0 Å². The minimum atomic E-state index is 0.625. The van der Waals surface area contributed by atoms with Gasteiger partial charge < -0.3 is 5.32 Å². The highest BCUT2D eigenvalue weighted by Gasteiger charge is 2.08. The van der Waals surface area contributed by atoms with Crippen LogP contribution in [0.3, 0.4) is 0 Å². The molecule has 20 heavy (non-hydrogen) atoms. The fourth-order valence-corrected chi connectivity index (χ4v) is 2.71. The first kappa shape index (κ1) is 17.2. The minimum Gasteiger partial charge on any atom is -0.314 e. The van der Waals surface area contributed by atoms with Gasteiger partial charge in [0.05, 0.1) is 0 Å². The Morgan fingerprint density at radius 2 is 1.50 bits per heavy atom. The van der Waals surface area contributed by atoms with Crippen molar-refractivity contribution in [2.45, 2.75) is 66.3 Å². The van der Waals surface area contributed by atoms with Crippen LogP contribution in [0, 0.1) is 11.8 Å². The first-order valence-electron chi connectivity index (χ1n) is 8.20. The van der Waals surface area contributed by atoms with E-state index in [4.69, 9.17) is 0 Å². The quantitative estimate of drug-likeness (QED) is 0.703. The van der Waals surface area contributed by atoms with Crippen molar-refractivity contribution in [2.24, 2.45) is 11.8 Å². The molecule has 0 fully saturated rings. The zero-order valence-electron chi connectivity index (χ0n) is 14.2. The summed E-state index contributed by atoms with van der Waals surface area (Å²) >= 11 is 0. The van der Waals surface area contributed by atoms with Crippen LogP contribution in [-0.4, -0.2) is 12.6 Å². The summed E-state index contributed by atoms with van der Waals surface area (Å²) in [5.74, 6) is 2.09. The molecule has 2 atom stereocenters. The molecule has 114 valence electrons. The fourth-order valence-electron chi connectivity index (χ4n) is 2.71. The van der Waals surface area contributed by atoms with Gasteiger partial charge in [0.1, 0.15) is 0 Å². The van der Waals surface area contributed by atoms with Crippen LogP contribution >= 0.6 is 0 Å². The van der Waals surface area contributed by atoms with E-state index >= 15 is 0 Å². The molecular formula is C19H33N. The van der Waals surface area contributed by atoms with Gasteiger partial charge in [0.25, 0.3) is 0 Å². The molecule has 1 rings (SSSR count). The van der Waals surface area contributed by atoms with Gasteiger partial charge in [0.2, 0.25) is 0 Å². The van der Waals surface area contributed by atoms with Gasteiger partial charge in [0, 0.05) is 6.04 Å². The van der Waals surface area contributed by atoms with E-state index in [1.54, 1.807) is 0 Å². The molecule has 0 bridgehead atoms. The smallest absolute Gasteiger partial charge is 0.00412 e. The molecule has 1 nitrogen and oxygen atoms in total. The monoisotopic (exact) mass is 275 g/mol. The Balaban J connectivity index is 2.36. The standard InChI is InChI=1S/C19H33N/c1-14(2)11-17(6)20-13-16(5)12-18-7-9-19(10-8-18)15(3)4/h7-10,14-17,20H,11-13H2,1-6H3/t16?,17-/m1/s1. The molecule has 0 saturated carbocycles. The lowest BCUT2D eigenvalue weighted by molar-refractivity contribution is 0.406. The van der Waals surface area contributed by atoms with E-state index in [0.717, 1.165) is 12.5 Å². The molecule has 1 aromatic carbocycles. The molecule has 1 heteroatoms. The van der Waals surface area contributed by atoms with Crippen molar-refractivity contribution >= 4 is 0 Å². The Morgan fingerprint density at radius 1 is 0.900 bits per heavy atom. The molecule has 0 aromatic heterocycles. The Labute approximate surface area is 126 Å². The maximum absolute atomic E-state index is 3.66. The second kappa shape index (κ2) is 8.46. The number of hydrogen-bond donors (Lipinski definition) is 1. The summed E-state index contributed by atoms with van der Waals surface area (Å²) in [6.07, 6.45) is 2.43. The molecule has 0 saturated heterocycles. The van der Waals surface area contributed by atoms with Gasteiger partial charge in [-0.25, -0.2) is 0 Å². The van der Waals surface area contributed by atoms with Crippen LogP contribution in [0.5, 0.6) is 0 Å². The molecule has 1 N–H and O–H groups in total. The molecule has 0 heterocycles. The molecule has 0 aliphatic rings. The number of benzene rings is 1. The highest BCUT2D eigenvalue weighted by Crippen LogP contribution is 2.16. The van der Waals surface area contributed by atoms with Crippen LogP contribution in [-0.2, 0) is 6.42 Å². The average Bonchev–Trinajstić information content (AvgIpc) is 2.36. The lowest BCUT2D eigenvalue weighted by Crippen LogP contribution is -2.32. The predicted octanol–water partition coefficient (Wildman–Crippen LogP) is 5.01. The molecular weight excluding hydrogens is 242 g/mol. The van der Waals surface area contributed by atoms with Crippen LogP contribution in [0.25, 0.3) is 0 Å². The Kier molecular flexibility index (Phi) is 7.29. The third kappa shape index (κ3) is 6.56. The van der Waals surface area contributed by atoms with Crippen LogP contribution in [0.15, 0.2) is 24.3 Å².